The van der Waals surface area contributed by atoms with E-state index in [9.17, 15) is 63.0 Å². The standard InChI is InChI=1S/C56H96N16O13/c1-7-32(4)13-11-12-16-44(75)63-36(17-23-57)51(80)72-46(34(6)74)56(85)68-39(20-26-60)48(77)67-41-22-28-62-55(84)45(33(5)73)71-52(81)40(21-27-61)65-47(76)37(18-24-58)66-53(82)42(29-31(2)3)69-54(83)43(30-35-14-9-8-10-15-35)70-49(78)38(19-25-59)64-50(41)79/h8-10,12,14-16,31-34,36-43,45-46,73-74H,7,11,13,17-30,57-61H2,1-6H3,(H,62,84)(H,63,75)(H,64,79)(H,65,76)(H,66,82)(H,67,77)(H,68,85)(H,69,83)(H,70,78)(H,71,81)(H,72,80)/b16-12+/t32?,33?,34?,36-,37-,38-,39-,40-,41-,42-,43+,45-,46-/m0/s1. The number of amides is 11. The van der Waals surface area contributed by atoms with Gasteiger partial charge >= 0.3 is 0 Å². The molecule has 13 atom stereocenters. The van der Waals surface area contributed by atoms with Crippen LogP contribution in [0.2, 0.25) is 0 Å². The Balaban J connectivity index is 2.69. The minimum absolute atomic E-state index is 0.0434. The van der Waals surface area contributed by atoms with Crippen LogP contribution < -0.4 is 87.2 Å². The van der Waals surface area contributed by atoms with Crippen molar-refractivity contribution < 1.29 is 63.0 Å². The first-order valence-corrected chi connectivity index (χ1v) is 29.2. The van der Waals surface area contributed by atoms with E-state index in [-0.39, 0.29) is 83.6 Å². The zero-order valence-corrected chi connectivity index (χ0v) is 49.9. The molecule has 0 bridgehead atoms. The fraction of sp³-hybridized carbons (Fsp3) is 0.661. The lowest BCUT2D eigenvalue weighted by molar-refractivity contribution is -0.137. The van der Waals surface area contributed by atoms with Crippen molar-refractivity contribution in [2.24, 2.45) is 40.5 Å². The number of nitrogens with one attached hydrogen (secondary N) is 11. The first-order chi connectivity index (χ1) is 40.3. The maximum absolute atomic E-state index is 14.5. The Kier molecular flexibility index (Phi) is 34.3. The molecule has 0 radical (unpaired) electrons. The van der Waals surface area contributed by atoms with E-state index in [0.717, 1.165) is 12.8 Å². The van der Waals surface area contributed by atoms with Crippen molar-refractivity contribution in [2.45, 2.75) is 185 Å². The van der Waals surface area contributed by atoms with Gasteiger partial charge in [0.2, 0.25) is 65.0 Å². The molecule has 23 N–H and O–H groups in total. The van der Waals surface area contributed by atoms with E-state index in [2.05, 4.69) is 72.3 Å². The zero-order chi connectivity index (χ0) is 63.8. The van der Waals surface area contributed by atoms with Gasteiger partial charge in [-0.2, -0.15) is 0 Å². The summed E-state index contributed by atoms with van der Waals surface area (Å²) in [5.74, 6) is -9.76. The lowest BCUT2D eigenvalue weighted by Gasteiger charge is -2.29. The van der Waals surface area contributed by atoms with Crippen molar-refractivity contribution >= 4 is 65.0 Å². The van der Waals surface area contributed by atoms with E-state index < -0.39 is 151 Å². The van der Waals surface area contributed by atoms with Crippen LogP contribution in [0, 0.1) is 11.8 Å². The van der Waals surface area contributed by atoms with E-state index in [1.807, 2.05) is 0 Å². The Hall–Kier alpha value is -7.15. The Labute approximate surface area is 497 Å². The third kappa shape index (κ3) is 26.8. The summed E-state index contributed by atoms with van der Waals surface area (Å²) in [4.78, 5) is 154. The smallest absolute Gasteiger partial charge is 0.245 e. The lowest BCUT2D eigenvalue weighted by atomic mass is 10.00. The molecule has 478 valence electrons. The summed E-state index contributed by atoms with van der Waals surface area (Å²) in [6.07, 6.45) is 0.819. The molecule has 1 aromatic carbocycles. The van der Waals surface area contributed by atoms with Crippen LogP contribution >= 0.6 is 0 Å². The molecule has 1 aromatic rings. The molecule has 1 aliphatic rings. The Morgan fingerprint density at radius 2 is 1.08 bits per heavy atom. The van der Waals surface area contributed by atoms with Crippen molar-refractivity contribution in [3.63, 3.8) is 0 Å². The van der Waals surface area contributed by atoms with Gasteiger partial charge in [0, 0.05) is 13.0 Å². The summed E-state index contributed by atoms with van der Waals surface area (Å²) < 4.78 is 0. The van der Waals surface area contributed by atoms with E-state index in [4.69, 9.17) is 28.7 Å². The number of hydrogen-bond donors (Lipinski definition) is 18. The summed E-state index contributed by atoms with van der Waals surface area (Å²) in [7, 11) is 0. The van der Waals surface area contributed by atoms with E-state index in [1.54, 1.807) is 50.3 Å². The summed E-state index contributed by atoms with van der Waals surface area (Å²) in [5, 5.41) is 49.5. The average molecular weight is 1200 g/mol. The number of nitrogens with two attached hydrogens (primary N) is 5. The lowest BCUT2D eigenvalue weighted by Crippen LogP contribution is -2.62. The third-order valence-corrected chi connectivity index (χ3v) is 14.0. The zero-order valence-electron chi connectivity index (χ0n) is 49.9. The number of hydrogen-bond acceptors (Lipinski definition) is 18. The minimum atomic E-state index is -1.72. The van der Waals surface area contributed by atoms with Crippen molar-refractivity contribution in [3.05, 3.63) is 48.0 Å². The topological polar surface area (TPSA) is 491 Å². The first-order valence-electron chi connectivity index (χ1n) is 29.2. The molecule has 0 saturated carbocycles. The van der Waals surface area contributed by atoms with Crippen LogP contribution in [-0.4, -0.2) is 187 Å². The maximum Gasteiger partial charge on any atom is 0.245 e. The van der Waals surface area contributed by atoms with Crippen LogP contribution in [0.25, 0.3) is 0 Å². The third-order valence-electron chi connectivity index (χ3n) is 14.0. The van der Waals surface area contributed by atoms with Gasteiger partial charge in [0.05, 0.1) is 12.2 Å². The molecule has 1 fully saturated rings. The predicted octanol–water partition coefficient (Wildman–Crippen LogP) is -5.47. The Bertz CT molecular complexity index is 2360. The number of rotatable bonds is 28. The molecule has 1 aliphatic heterocycles. The Morgan fingerprint density at radius 1 is 0.588 bits per heavy atom. The molecular formula is C56H96N16O13. The van der Waals surface area contributed by atoms with Gasteiger partial charge in [-0.05, 0) is 128 Å². The second-order valence-corrected chi connectivity index (χ2v) is 21.7. The first kappa shape index (κ1) is 74.0. The molecule has 1 saturated heterocycles. The van der Waals surface area contributed by atoms with Crippen LogP contribution in [0.15, 0.2) is 42.5 Å². The normalized spacial score (nSPS) is 23.0. The number of carbonyl (C=O) groups is 11. The monoisotopic (exact) mass is 1200 g/mol. The highest BCUT2D eigenvalue weighted by atomic mass is 16.3. The van der Waals surface area contributed by atoms with Crippen LogP contribution in [-0.2, 0) is 59.2 Å². The molecule has 29 nitrogen and oxygen atoms in total. The summed E-state index contributed by atoms with van der Waals surface area (Å²) in [5.41, 5.74) is 29.9. The summed E-state index contributed by atoms with van der Waals surface area (Å²) >= 11 is 0. The minimum Gasteiger partial charge on any atom is -0.391 e. The molecule has 85 heavy (non-hydrogen) atoms. The molecule has 3 unspecified atom stereocenters. The number of allylic oxidation sites excluding steroid dienone is 1. The van der Waals surface area contributed by atoms with Gasteiger partial charge in [0.25, 0.3) is 0 Å². The van der Waals surface area contributed by atoms with Gasteiger partial charge in [-0.1, -0.05) is 70.5 Å². The average Bonchev–Trinajstić information content (AvgIpc) is 3.67. The van der Waals surface area contributed by atoms with Crippen molar-refractivity contribution in [1.82, 2.24) is 58.5 Å². The fourth-order valence-electron chi connectivity index (χ4n) is 8.87. The van der Waals surface area contributed by atoms with Gasteiger partial charge in [0.15, 0.2) is 0 Å². The molecule has 29 heteroatoms. The number of aliphatic hydroxyl groups excluding tert-OH is 2. The van der Waals surface area contributed by atoms with Gasteiger partial charge in [-0.25, -0.2) is 0 Å². The quantitative estimate of drug-likeness (QED) is 0.0348. The van der Waals surface area contributed by atoms with Gasteiger partial charge in [-0.3, -0.25) is 52.7 Å². The van der Waals surface area contributed by atoms with Crippen molar-refractivity contribution in [2.75, 3.05) is 39.3 Å². The van der Waals surface area contributed by atoms with Crippen LogP contribution in [0.4, 0.5) is 0 Å². The SMILES string of the molecule is CCC(C)CC/C=C/C(=O)N[C@@H](CCN)C(=O)N[C@H](C(=O)N[C@@H](CCN)C(=O)N[C@H]1CCNC(=O)[C@H](C(C)O)NC(=O)[C@H](CCN)NC(=O)[C@H](CCN)NC(=O)[C@H](CC(C)C)NC(=O)[C@@H](Cc2ccccc2)NC(=O)[C@H](CCN)NC1=O)C(C)O. The van der Waals surface area contributed by atoms with Gasteiger partial charge < -0.3 is 97.4 Å². The highest BCUT2D eigenvalue weighted by Gasteiger charge is 2.37. The fourth-order valence-corrected chi connectivity index (χ4v) is 8.87. The van der Waals surface area contributed by atoms with Crippen molar-refractivity contribution in [1.29, 1.82) is 0 Å². The van der Waals surface area contributed by atoms with E-state index >= 15 is 0 Å². The van der Waals surface area contributed by atoms with Crippen molar-refractivity contribution in [3.8, 4) is 0 Å². The van der Waals surface area contributed by atoms with E-state index in [1.165, 1.54) is 19.9 Å². The highest BCUT2D eigenvalue weighted by molar-refractivity contribution is 5.99. The summed E-state index contributed by atoms with van der Waals surface area (Å²) in [6.45, 7) is 8.89. The maximum atomic E-state index is 14.5. The van der Waals surface area contributed by atoms with Crippen LogP contribution in [0.5, 0.6) is 0 Å². The molecule has 0 aliphatic carbocycles. The van der Waals surface area contributed by atoms with Gasteiger partial charge in [-0.15, -0.1) is 0 Å². The second kappa shape index (κ2) is 39.5. The highest BCUT2D eigenvalue weighted by Crippen LogP contribution is 2.12. The molecular weight excluding hydrogens is 1100 g/mol. The Morgan fingerprint density at radius 3 is 1.59 bits per heavy atom. The van der Waals surface area contributed by atoms with Gasteiger partial charge in [0.1, 0.15) is 60.4 Å². The number of carbonyl (C=O) groups excluding carboxylic acids is 11. The predicted molar refractivity (Wildman–Crippen MR) is 316 cm³/mol. The van der Waals surface area contributed by atoms with Crippen LogP contribution in [0.1, 0.15) is 111 Å². The largest absolute Gasteiger partial charge is 0.391 e. The van der Waals surface area contributed by atoms with E-state index in [0.29, 0.717) is 17.9 Å². The second-order valence-electron chi connectivity index (χ2n) is 21.7. The molecule has 11 amide bonds. The molecule has 2 rings (SSSR count). The summed E-state index contributed by atoms with van der Waals surface area (Å²) in [6, 6.07) is -6.34. The molecule has 1 heterocycles. The number of aliphatic hydroxyl groups is 2. The molecule has 0 spiro atoms. The number of benzene rings is 1. The van der Waals surface area contributed by atoms with Crippen LogP contribution in [0.3, 0.4) is 0 Å². The molecule has 0 aromatic heterocycles.